The third kappa shape index (κ3) is 3.26. The first-order valence-electron chi connectivity index (χ1n) is 6.80. The lowest BCUT2D eigenvalue weighted by Crippen LogP contribution is -2.31. The Bertz CT molecular complexity index is 438. The minimum atomic E-state index is -0.0644. The first kappa shape index (κ1) is 13.9. The zero-order valence-electron chi connectivity index (χ0n) is 11.6. The molecule has 2 rings (SSSR count). The second-order valence-electron chi connectivity index (χ2n) is 5.40. The quantitative estimate of drug-likeness (QED) is 0.819. The molecule has 4 heteroatoms. The summed E-state index contributed by atoms with van der Waals surface area (Å²) in [6.07, 6.45) is 2.01. The molecule has 0 aliphatic heterocycles. The molecular weight excluding hydrogens is 240 g/mol. The first-order valence-corrected chi connectivity index (χ1v) is 6.80. The third-order valence-electron chi connectivity index (χ3n) is 3.96. The zero-order chi connectivity index (χ0) is 13.9. The highest BCUT2D eigenvalue weighted by molar-refractivity contribution is 5.94. The molecule has 0 unspecified atom stereocenters. The van der Waals surface area contributed by atoms with E-state index in [1.807, 2.05) is 31.3 Å². The molecule has 1 fully saturated rings. The molecule has 0 aromatic heterocycles. The van der Waals surface area contributed by atoms with E-state index in [1.54, 1.807) is 0 Å². The van der Waals surface area contributed by atoms with Gasteiger partial charge < -0.3 is 15.3 Å². The fraction of sp³-hybridized carbons (Fsp3) is 0.533. The molecule has 1 amide bonds. The summed E-state index contributed by atoms with van der Waals surface area (Å²) in [4.78, 5) is 14.1. The summed E-state index contributed by atoms with van der Waals surface area (Å²) in [5, 5.41) is 12.1. The van der Waals surface area contributed by atoms with E-state index in [9.17, 15) is 9.90 Å². The van der Waals surface area contributed by atoms with Gasteiger partial charge in [-0.05, 0) is 44.0 Å². The van der Waals surface area contributed by atoms with Crippen molar-refractivity contribution in [2.45, 2.75) is 19.8 Å². The van der Waals surface area contributed by atoms with Crippen molar-refractivity contribution in [3.63, 3.8) is 0 Å². The van der Waals surface area contributed by atoms with Crippen molar-refractivity contribution < 1.29 is 9.90 Å². The summed E-state index contributed by atoms with van der Waals surface area (Å²) in [7, 11) is 2.02. The van der Waals surface area contributed by atoms with Gasteiger partial charge in [-0.2, -0.15) is 0 Å². The molecule has 1 aromatic carbocycles. The molecule has 1 saturated carbocycles. The molecule has 0 saturated heterocycles. The van der Waals surface area contributed by atoms with Gasteiger partial charge in [0.1, 0.15) is 0 Å². The van der Waals surface area contributed by atoms with Crippen molar-refractivity contribution in [2.24, 2.45) is 5.41 Å². The molecule has 0 heterocycles. The summed E-state index contributed by atoms with van der Waals surface area (Å²) in [6.45, 7) is 3.75. The number of rotatable bonds is 6. The molecular formula is C15H22N2O2. The van der Waals surface area contributed by atoms with Crippen LogP contribution in [0.5, 0.6) is 0 Å². The van der Waals surface area contributed by atoms with Crippen LogP contribution < -0.4 is 10.2 Å². The maximum atomic E-state index is 12.0. The van der Waals surface area contributed by atoms with Gasteiger partial charge in [-0.25, -0.2) is 0 Å². The van der Waals surface area contributed by atoms with Gasteiger partial charge in [0.05, 0.1) is 6.61 Å². The van der Waals surface area contributed by atoms with Crippen LogP contribution in [0.4, 0.5) is 5.69 Å². The number of carbonyl (C=O) groups is 1. The minimum absolute atomic E-state index is 0.0436. The minimum Gasteiger partial charge on any atom is -0.396 e. The van der Waals surface area contributed by atoms with Crippen LogP contribution >= 0.6 is 0 Å². The normalized spacial score (nSPS) is 15.9. The SMILES string of the molecule is CCN(C)c1ccc(C(=O)NCC2(CO)CC2)cc1. The lowest BCUT2D eigenvalue weighted by Gasteiger charge is -2.17. The fourth-order valence-electron chi connectivity index (χ4n) is 1.99. The number of aliphatic hydroxyl groups is 1. The molecule has 104 valence electrons. The number of hydrogen-bond acceptors (Lipinski definition) is 3. The predicted molar refractivity (Wildman–Crippen MR) is 76.5 cm³/mol. The van der Waals surface area contributed by atoms with E-state index in [0.717, 1.165) is 25.1 Å². The second kappa shape index (κ2) is 5.61. The Morgan fingerprint density at radius 1 is 1.37 bits per heavy atom. The van der Waals surface area contributed by atoms with Crippen molar-refractivity contribution in [3.05, 3.63) is 29.8 Å². The predicted octanol–water partition coefficient (Wildman–Crippen LogP) is 1.64. The molecule has 0 radical (unpaired) electrons. The van der Waals surface area contributed by atoms with Gasteiger partial charge in [-0.1, -0.05) is 0 Å². The van der Waals surface area contributed by atoms with Gasteiger partial charge in [0.25, 0.3) is 5.91 Å². The Balaban J connectivity index is 1.92. The van der Waals surface area contributed by atoms with Crippen LogP contribution in [0.2, 0.25) is 0 Å². The van der Waals surface area contributed by atoms with Crippen LogP contribution in [0.3, 0.4) is 0 Å². The molecule has 4 nitrogen and oxygen atoms in total. The van der Waals surface area contributed by atoms with Crippen LogP contribution in [-0.2, 0) is 0 Å². The number of hydrogen-bond donors (Lipinski definition) is 2. The Kier molecular flexibility index (Phi) is 4.10. The van der Waals surface area contributed by atoms with Crippen LogP contribution in [0.15, 0.2) is 24.3 Å². The Morgan fingerprint density at radius 2 is 2.00 bits per heavy atom. The first-order chi connectivity index (χ1) is 9.10. The Morgan fingerprint density at radius 3 is 2.47 bits per heavy atom. The molecule has 1 aromatic rings. The highest BCUT2D eigenvalue weighted by Crippen LogP contribution is 2.44. The summed E-state index contributed by atoms with van der Waals surface area (Å²) in [5.41, 5.74) is 1.73. The molecule has 0 spiro atoms. The average molecular weight is 262 g/mol. The van der Waals surface area contributed by atoms with E-state index < -0.39 is 0 Å². The monoisotopic (exact) mass is 262 g/mol. The molecule has 1 aliphatic rings. The fourth-order valence-corrected chi connectivity index (χ4v) is 1.99. The molecule has 1 aliphatic carbocycles. The number of benzene rings is 1. The van der Waals surface area contributed by atoms with Crippen molar-refractivity contribution in [2.75, 3.05) is 31.6 Å². The topological polar surface area (TPSA) is 52.6 Å². The molecule has 19 heavy (non-hydrogen) atoms. The summed E-state index contributed by atoms with van der Waals surface area (Å²) in [5.74, 6) is -0.0644. The average Bonchev–Trinajstić information content (AvgIpc) is 3.25. The van der Waals surface area contributed by atoms with Crippen LogP contribution in [0.1, 0.15) is 30.1 Å². The Labute approximate surface area is 114 Å². The van der Waals surface area contributed by atoms with Crippen molar-refractivity contribution >= 4 is 11.6 Å². The standard InChI is InChI=1S/C15H22N2O2/c1-3-17(2)13-6-4-12(5-7-13)14(19)16-10-15(11-18)8-9-15/h4-7,18H,3,8-11H2,1-2H3,(H,16,19). The maximum Gasteiger partial charge on any atom is 0.251 e. The molecule has 2 N–H and O–H groups in total. The van der Waals surface area contributed by atoms with Crippen LogP contribution in [0, 0.1) is 5.41 Å². The van der Waals surface area contributed by atoms with Crippen molar-refractivity contribution in [1.82, 2.24) is 5.32 Å². The number of nitrogens with one attached hydrogen (secondary N) is 1. The number of amides is 1. The van der Waals surface area contributed by atoms with Crippen molar-refractivity contribution in [3.8, 4) is 0 Å². The van der Waals surface area contributed by atoms with E-state index in [4.69, 9.17) is 0 Å². The summed E-state index contributed by atoms with van der Waals surface area (Å²) in [6, 6.07) is 7.60. The summed E-state index contributed by atoms with van der Waals surface area (Å²) >= 11 is 0. The van der Waals surface area contributed by atoms with Crippen molar-refractivity contribution in [1.29, 1.82) is 0 Å². The van der Waals surface area contributed by atoms with E-state index in [1.165, 1.54) is 0 Å². The van der Waals surface area contributed by atoms with Gasteiger partial charge >= 0.3 is 0 Å². The molecule has 0 bridgehead atoms. The second-order valence-corrected chi connectivity index (χ2v) is 5.40. The lowest BCUT2D eigenvalue weighted by molar-refractivity contribution is 0.0935. The largest absolute Gasteiger partial charge is 0.396 e. The van der Waals surface area contributed by atoms with E-state index in [-0.39, 0.29) is 17.9 Å². The van der Waals surface area contributed by atoms with Gasteiger partial charge in [-0.15, -0.1) is 0 Å². The van der Waals surface area contributed by atoms with Crippen LogP contribution in [-0.4, -0.2) is 37.8 Å². The number of carbonyl (C=O) groups excluding carboxylic acids is 1. The van der Waals surface area contributed by atoms with E-state index in [0.29, 0.717) is 12.1 Å². The van der Waals surface area contributed by atoms with E-state index >= 15 is 0 Å². The Hall–Kier alpha value is -1.55. The smallest absolute Gasteiger partial charge is 0.251 e. The van der Waals surface area contributed by atoms with E-state index in [2.05, 4.69) is 17.1 Å². The maximum absolute atomic E-state index is 12.0. The number of nitrogens with zero attached hydrogens (tertiary/aromatic N) is 1. The lowest BCUT2D eigenvalue weighted by atomic mass is 10.1. The zero-order valence-corrected chi connectivity index (χ0v) is 11.6. The molecule has 0 atom stereocenters. The van der Waals surface area contributed by atoms with Gasteiger partial charge in [-0.3, -0.25) is 4.79 Å². The number of aliphatic hydroxyl groups excluding tert-OH is 1. The highest BCUT2D eigenvalue weighted by atomic mass is 16.3. The van der Waals surface area contributed by atoms with Crippen LogP contribution in [0.25, 0.3) is 0 Å². The highest BCUT2D eigenvalue weighted by Gasteiger charge is 2.42. The number of anilines is 1. The van der Waals surface area contributed by atoms with Gasteiger partial charge in [0, 0.05) is 36.8 Å². The van der Waals surface area contributed by atoms with Gasteiger partial charge in [0.15, 0.2) is 0 Å². The third-order valence-corrected chi connectivity index (χ3v) is 3.96. The summed E-state index contributed by atoms with van der Waals surface area (Å²) < 4.78 is 0. The van der Waals surface area contributed by atoms with Gasteiger partial charge in [0.2, 0.25) is 0 Å².